The summed E-state index contributed by atoms with van der Waals surface area (Å²) >= 11 is 5.00. The average Bonchev–Trinajstić information content (AvgIpc) is 3.28. The van der Waals surface area contributed by atoms with E-state index in [2.05, 4.69) is 4.72 Å². The SMILES string of the molecule is NC(=S)C(NS(=O)(=O)c1cccc2ccccc12)C1CC1. The molecule has 3 N–H and O–H groups in total. The highest BCUT2D eigenvalue weighted by Gasteiger charge is 2.36. The Labute approximate surface area is 129 Å². The second kappa shape index (κ2) is 5.36. The van der Waals surface area contributed by atoms with Crippen molar-refractivity contribution in [2.24, 2.45) is 11.7 Å². The Hall–Kier alpha value is -1.50. The molecule has 4 nitrogen and oxygen atoms in total. The number of sulfonamides is 1. The quantitative estimate of drug-likeness (QED) is 0.828. The summed E-state index contributed by atoms with van der Waals surface area (Å²) in [7, 11) is -3.65. The Morgan fingerprint density at radius 1 is 1.19 bits per heavy atom. The first-order valence-electron chi connectivity index (χ1n) is 6.78. The summed E-state index contributed by atoms with van der Waals surface area (Å²) < 4.78 is 28.0. The number of hydrogen-bond donors (Lipinski definition) is 2. The van der Waals surface area contributed by atoms with Crippen molar-refractivity contribution in [1.82, 2.24) is 4.72 Å². The summed E-state index contributed by atoms with van der Waals surface area (Å²) in [6.07, 6.45) is 1.92. The van der Waals surface area contributed by atoms with Gasteiger partial charge in [-0.1, -0.05) is 48.6 Å². The van der Waals surface area contributed by atoms with Gasteiger partial charge in [0.2, 0.25) is 10.0 Å². The number of fused-ring (bicyclic) bond motifs is 1. The van der Waals surface area contributed by atoms with Gasteiger partial charge in [0.1, 0.15) is 0 Å². The number of benzene rings is 2. The zero-order chi connectivity index (χ0) is 15.0. The summed E-state index contributed by atoms with van der Waals surface area (Å²) in [4.78, 5) is 0.476. The molecule has 0 radical (unpaired) electrons. The van der Waals surface area contributed by atoms with Crippen molar-refractivity contribution in [3.05, 3.63) is 42.5 Å². The van der Waals surface area contributed by atoms with Crippen LogP contribution in [0.1, 0.15) is 12.8 Å². The minimum atomic E-state index is -3.65. The Balaban J connectivity index is 2.02. The minimum Gasteiger partial charge on any atom is -0.392 e. The summed E-state index contributed by atoms with van der Waals surface area (Å²) in [5.41, 5.74) is 5.68. The van der Waals surface area contributed by atoms with Crippen LogP contribution in [0.5, 0.6) is 0 Å². The molecule has 3 rings (SSSR count). The molecule has 2 aromatic carbocycles. The summed E-state index contributed by atoms with van der Waals surface area (Å²) in [5.74, 6) is 0.229. The molecule has 110 valence electrons. The van der Waals surface area contributed by atoms with E-state index >= 15 is 0 Å². The van der Waals surface area contributed by atoms with Crippen molar-refractivity contribution in [3.8, 4) is 0 Å². The molecule has 1 atom stereocenters. The van der Waals surface area contributed by atoms with Crippen LogP contribution in [0.2, 0.25) is 0 Å². The van der Waals surface area contributed by atoms with Crippen LogP contribution in [-0.4, -0.2) is 19.4 Å². The Bertz CT molecular complexity index is 793. The Kier molecular flexibility index (Phi) is 3.69. The lowest BCUT2D eigenvalue weighted by atomic mass is 10.1. The second-order valence-corrected chi connectivity index (χ2v) is 7.47. The summed E-state index contributed by atoms with van der Waals surface area (Å²) in [6.45, 7) is 0. The second-order valence-electron chi connectivity index (χ2n) is 5.32. The maximum atomic E-state index is 12.7. The van der Waals surface area contributed by atoms with Crippen molar-refractivity contribution in [2.75, 3.05) is 0 Å². The molecule has 0 spiro atoms. The number of thiocarbonyl (C=S) groups is 1. The van der Waals surface area contributed by atoms with E-state index < -0.39 is 16.1 Å². The fourth-order valence-electron chi connectivity index (χ4n) is 2.48. The van der Waals surface area contributed by atoms with Crippen LogP contribution in [0.15, 0.2) is 47.4 Å². The average molecular weight is 320 g/mol. The van der Waals surface area contributed by atoms with Crippen LogP contribution in [0.3, 0.4) is 0 Å². The third-order valence-corrected chi connectivity index (χ3v) is 5.47. The monoisotopic (exact) mass is 320 g/mol. The van der Waals surface area contributed by atoms with Gasteiger partial charge in [0, 0.05) is 5.39 Å². The van der Waals surface area contributed by atoms with E-state index in [1.165, 1.54) is 0 Å². The van der Waals surface area contributed by atoms with Crippen molar-refractivity contribution < 1.29 is 8.42 Å². The molecule has 1 unspecified atom stereocenters. The lowest BCUT2D eigenvalue weighted by Crippen LogP contribution is -2.44. The lowest BCUT2D eigenvalue weighted by molar-refractivity contribution is 0.566. The molecule has 1 saturated carbocycles. The molecule has 0 heterocycles. The van der Waals surface area contributed by atoms with Gasteiger partial charge in [-0.15, -0.1) is 0 Å². The highest BCUT2D eigenvalue weighted by atomic mass is 32.2. The molecule has 0 aromatic heterocycles. The van der Waals surface area contributed by atoms with Gasteiger partial charge in [-0.2, -0.15) is 0 Å². The van der Waals surface area contributed by atoms with Gasteiger partial charge in [-0.3, -0.25) is 0 Å². The highest BCUT2D eigenvalue weighted by Crippen LogP contribution is 2.34. The van der Waals surface area contributed by atoms with E-state index in [1.54, 1.807) is 18.2 Å². The largest absolute Gasteiger partial charge is 0.392 e. The third kappa shape index (κ3) is 2.92. The molecule has 1 fully saturated rings. The third-order valence-electron chi connectivity index (χ3n) is 3.72. The first-order valence-corrected chi connectivity index (χ1v) is 8.67. The van der Waals surface area contributed by atoms with Crippen molar-refractivity contribution in [2.45, 2.75) is 23.8 Å². The molecule has 0 amide bonds. The topological polar surface area (TPSA) is 72.2 Å². The molecule has 0 saturated heterocycles. The van der Waals surface area contributed by atoms with Crippen LogP contribution < -0.4 is 10.5 Å². The standard InChI is InChI=1S/C15H16N2O2S2/c16-15(20)14(11-8-9-11)17-21(18,19)13-7-3-5-10-4-1-2-6-12(10)13/h1-7,11,14,17H,8-9H2,(H2,16,20). The molecule has 1 aliphatic carbocycles. The van der Waals surface area contributed by atoms with Crippen LogP contribution in [0, 0.1) is 5.92 Å². The first-order chi connectivity index (χ1) is 9.99. The van der Waals surface area contributed by atoms with Gasteiger partial charge in [0.25, 0.3) is 0 Å². The zero-order valence-corrected chi connectivity index (χ0v) is 13.0. The molecule has 6 heteroatoms. The number of nitrogens with two attached hydrogens (primary N) is 1. The van der Waals surface area contributed by atoms with Gasteiger partial charge < -0.3 is 5.73 Å². The van der Waals surface area contributed by atoms with Crippen LogP contribution in [-0.2, 0) is 10.0 Å². The summed E-state index contributed by atoms with van der Waals surface area (Å²) in [6, 6.07) is 12.2. The molecule has 2 aromatic rings. The predicted molar refractivity (Wildman–Crippen MR) is 87.6 cm³/mol. The number of rotatable bonds is 5. The molecular weight excluding hydrogens is 304 g/mol. The van der Waals surface area contributed by atoms with Gasteiger partial charge in [0.05, 0.1) is 15.9 Å². The van der Waals surface area contributed by atoms with E-state index in [1.807, 2.05) is 24.3 Å². The molecule has 21 heavy (non-hydrogen) atoms. The van der Waals surface area contributed by atoms with E-state index in [4.69, 9.17) is 18.0 Å². The zero-order valence-electron chi connectivity index (χ0n) is 11.3. The first kappa shape index (κ1) is 14.4. The molecular formula is C15H16N2O2S2. The van der Waals surface area contributed by atoms with Crippen LogP contribution in [0.25, 0.3) is 10.8 Å². The molecule has 1 aliphatic rings. The minimum absolute atomic E-state index is 0.210. The predicted octanol–water partition coefficient (Wildman–Crippen LogP) is 2.18. The molecule has 0 aliphatic heterocycles. The van der Waals surface area contributed by atoms with Crippen molar-refractivity contribution >= 4 is 38.0 Å². The lowest BCUT2D eigenvalue weighted by Gasteiger charge is -2.17. The summed E-state index contributed by atoms with van der Waals surface area (Å²) in [5, 5.41) is 1.59. The molecule has 0 bridgehead atoms. The Morgan fingerprint density at radius 3 is 2.52 bits per heavy atom. The van der Waals surface area contributed by atoms with Crippen LogP contribution in [0.4, 0.5) is 0 Å². The van der Waals surface area contributed by atoms with Crippen LogP contribution >= 0.6 is 12.2 Å². The van der Waals surface area contributed by atoms with Gasteiger partial charge in [-0.25, -0.2) is 13.1 Å². The van der Waals surface area contributed by atoms with Crippen molar-refractivity contribution in [1.29, 1.82) is 0 Å². The fraction of sp³-hybridized carbons (Fsp3) is 0.267. The maximum absolute atomic E-state index is 12.7. The highest BCUT2D eigenvalue weighted by molar-refractivity contribution is 7.90. The normalized spacial score (nSPS) is 16.8. The Morgan fingerprint density at radius 2 is 1.86 bits per heavy atom. The number of nitrogens with one attached hydrogen (secondary N) is 1. The van der Waals surface area contributed by atoms with Gasteiger partial charge >= 0.3 is 0 Å². The maximum Gasteiger partial charge on any atom is 0.241 e. The van der Waals surface area contributed by atoms with E-state index in [0.717, 1.165) is 18.2 Å². The van der Waals surface area contributed by atoms with Gasteiger partial charge in [-0.05, 0) is 30.2 Å². The fourth-order valence-corrected chi connectivity index (χ4v) is 4.32. The smallest absolute Gasteiger partial charge is 0.241 e. The number of hydrogen-bond acceptors (Lipinski definition) is 3. The van der Waals surface area contributed by atoms with Gasteiger partial charge in [0.15, 0.2) is 0 Å². The van der Waals surface area contributed by atoms with E-state index in [-0.39, 0.29) is 15.8 Å². The van der Waals surface area contributed by atoms with E-state index in [0.29, 0.717) is 5.39 Å². The van der Waals surface area contributed by atoms with Crippen molar-refractivity contribution in [3.63, 3.8) is 0 Å². The van der Waals surface area contributed by atoms with E-state index in [9.17, 15) is 8.42 Å².